The summed E-state index contributed by atoms with van der Waals surface area (Å²) in [4.78, 5) is 13.1. The van der Waals surface area contributed by atoms with Gasteiger partial charge in [0.05, 0.1) is 6.61 Å². The molecule has 0 N–H and O–H groups in total. The van der Waals surface area contributed by atoms with Crippen LogP contribution in [0, 0.1) is 5.92 Å². The summed E-state index contributed by atoms with van der Waals surface area (Å²) < 4.78 is 5.54. The molecule has 1 aliphatic rings. The van der Waals surface area contributed by atoms with Gasteiger partial charge in [-0.25, -0.2) is 0 Å². The number of benzene rings is 1. The van der Waals surface area contributed by atoms with Gasteiger partial charge in [-0.1, -0.05) is 25.0 Å². The summed E-state index contributed by atoms with van der Waals surface area (Å²) in [6.07, 6.45) is 7.19. The minimum absolute atomic E-state index is 0.0839. The van der Waals surface area contributed by atoms with Crippen LogP contribution in [0.3, 0.4) is 0 Å². The average molecular weight is 264 g/mol. The Labute approximate surface area is 113 Å². The molecule has 0 aromatic heterocycles. The molecule has 2 nitrogen and oxygen atoms in total. The second kappa shape index (κ2) is 6.95. The molecule has 0 unspecified atom stereocenters. The Morgan fingerprint density at radius 2 is 1.94 bits per heavy atom. The highest BCUT2D eigenvalue weighted by Gasteiger charge is 2.15. The maximum absolute atomic E-state index is 11.9. The van der Waals surface area contributed by atoms with E-state index < -0.39 is 0 Å². The van der Waals surface area contributed by atoms with Gasteiger partial charge in [-0.3, -0.25) is 4.79 Å². The molecule has 2 rings (SSSR count). The van der Waals surface area contributed by atoms with Crippen molar-refractivity contribution >= 4 is 17.5 Å². The lowest BCUT2D eigenvalue weighted by Crippen LogP contribution is -2.13. The molecule has 0 radical (unpaired) electrons. The van der Waals surface area contributed by atoms with E-state index in [0.29, 0.717) is 5.92 Å². The fraction of sp³-hybridized carbons (Fsp3) is 0.533. The lowest BCUT2D eigenvalue weighted by Gasteiger charge is -2.09. The first-order valence-electron chi connectivity index (χ1n) is 6.54. The maximum Gasteiger partial charge on any atom is 0.188 e. The molecule has 1 saturated carbocycles. The van der Waals surface area contributed by atoms with Crippen LogP contribution in [-0.2, 0) is 4.74 Å². The van der Waals surface area contributed by atoms with Crippen LogP contribution in [0.15, 0.2) is 29.2 Å². The number of ether oxygens (including phenoxy) is 1. The van der Waals surface area contributed by atoms with Gasteiger partial charge in [-0.2, -0.15) is 0 Å². The predicted octanol–water partition coefficient (Wildman–Crippen LogP) is 3.80. The smallest absolute Gasteiger partial charge is 0.188 e. The molecular formula is C15H20O2S. The lowest BCUT2D eigenvalue weighted by molar-refractivity contribution is 0.0681. The monoisotopic (exact) mass is 264 g/mol. The van der Waals surface area contributed by atoms with Gasteiger partial charge in [0.2, 0.25) is 0 Å². The fourth-order valence-electron chi connectivity index (χ4n) is 2.36. The predicted molar refractivity (Wildman–Crippen MR) is 75.3 cm³/mol. The Morgan fingerprint density at radius 3 is 2.56 bits per heavy atom. The van der Waals surface area contributed by atoms with Crippen LogP contribution in [0.4, 0.5) is 0 Å². The van der Waals surface area contributed by atoms with Crippen LogP contribution in [0.5, 0.6) is 0 Å². The number of carbonyl (C=O) groups is 1. The first-order chi connectivity index (χ1) is 8.79. The molecule has 0 bridgehead atoms. The van der Waals surface area contributed by atoms with Gasteiger partial charge in [0, 0.05) is 10.5 Å². The van der Waals surface area contributed by atoms with Crippen molar-refractivity contribution in [3.8, 4) is 0 Å². The van der Waals surface area contributed by atoms with Gasteiger partial charge >= 0.3 is 0 Å². The first kappa shape index (κ1) is 13.6. The van der Waals surface area contributed by atoms with Crippen molar-refractivity contribution in [1.82, 2.24) is 0 Å². The second-order valence-electron chi connectivity index (χ2n) is 4.82. The summed E-state index contributed by atoms with van der Waals surface area (Å²) in [5.74, 6) is 0.761. The van der Waals surface area contributed by atoms with Crippen molar-refractivity contribution in [3.63, 3.8) is 0 Å². The third-order valence-corrected chi connectivity index (χ3v) is 4.22. The Hall–Kier alpha value is -0.800. The molecule has 0 atom stereocenters. The van der Waals surface area contributed by atoms with E-state index in [1.54, 1.807) is 11.8 Å². The first-order valence-corrected chi connectivity index (χ1v) is 7.77. The molecule has 98 valence electrons. The standard InChI is InChI=1S/C15H20O2S/c1-18-14-8-6-13(7-9-14)15(16)11-17-10-12-4-2-3-5-12/h6-9,12H,2-5,10-11H2,1H3. The van der Waals surface area contributed by atoms with Gasteiger partial charge in [-0.15, -0.1) is 11.8 Å². The van der Waals surface area contributed by atoms with Crippen LogP contribution in [0.1, 0.15) is 36.0 Å². The molecule has 0 saturated heterocycles. The van der Waals surface area contributed by atoms with E-state index in [1.807, 2.05) is 30.5 Å². The van der Waals surface area contributed by atoms with Gasteiger partial charge in [0.15, 0.2) is 5.78 Å². The summed E-state index contributed by atoms with van der Waals surface area (Å²) in [6, 6.07) is 7.73. The van der Waals surface area contributed by atoms with Gasteiger partial charge < -0.3 is 4.74 Å². The number of thioether (sulfide) groups is 1. The van der Waals surface area contributed by atoms with Crippen molar-refractivity contribution < 1.29 is 9.53 Å². The van der Waals surface area contributed by atoms with Crippen LogP contribution < -0.4 is 0 Å². The highest BCUT2D eigenvalue weighted by atomic mass is 32.2. The molecule has 1 aliphatic carbocycles. The van der Waals surface area contributed by atoms with E-state index in [2.05, 4.69) is 0 Å². The zero-order valence-corrected chi connectivity index (χ0v) is 11.7. The quantitative estimate of drug-likeness (QED) is 0.577. The molecule has 1 aromatic carbocycles. The Kier molecular flexibility index (Phi) is 5.26. The normalized spacial score (nSPS) is 16.1. The lowest BCUT2D eigenvalue weighted by atomic mass is 10.1. The molecule has 0 aliphatic heterocycles. The number of hydrogen-bond donors (Lipinski definition) is 0. The summed E-state index contributed by atoms with van der Waals surface area (Å²) in [7, 11) is 0. The molecule has 0 heterocycles. The topological polar surface area (TPSA) is 26.3 Å². The van der Waals surface area contributed by atoms with E-state index in [-0.39, 0.29) is 12.4 Å². The Morgan fingerprint density at radius 1 is 1.28 bits per heavy atom. The fourth-order valence-corrected chi connectivity index (χ4v) is 2.76. The highest BCUT2D eigenvalue weighted by molar-refractivity contribution is 7.98. The summed E-state index contributed by atoms with van der Waals surface area (Å²) in [5.41, 5.74) is 0.749. The Bertz CT molecular complexity index is 380. The number of rotatable bonds is 6. The third-order valence-electron chi connectivity index (χ3n) is 3.47. The third kappa shape index (κ3) is 3.85. The molecular weight excluding hydrogens is 244 g/mol. The number of carbonyl (C=O) groups excluding carboxylic acids is 1. The van der Waals surface area contributed by atoms with Crippen molar-refractivity contribution in [1.29, 1.82) is 0 Å². The van der Waals surface area contributed by atoms with Crippen LogP contribution in [-0.4, -0.2) is 25.3 Å². The minimum Gasteiger partial charge on any atom is -0.373 e. The van der Waals surface area contributed by atoms with E-state index in [4.69, 9.17) is 4.74 Å². The summed E-state index contributed by atoms with van der Waals surface area (Å²) in [5, 5.41) is 0. The molecule has 3 heteroatoms. The summed E-state index contributed by atoms with van der Waals surface area (Å²) >= 11 is 1.68. The molecule has 18 heavy (non-hydrogen) atoms. The SMILES string of the molecule is CSc1ccc(C(=O)COCC2CCCC2)cc1. The molecule has 1 aromatic rings. The zero-order valence-electron chi connectivity index (χ0n) is 10.9. The molecule has 1 fully saturated rings. The highest BCUT2D eigenvalue weighted by Crippen LogP contribution is 2.24. The molecule has 0 amide bonds. The van der Waals surface area contributed by atoms with Gasteiger partial charge in [0.1, 0.15) is 6.61 Å². The number of hydrogen-bond acceptors (Lipinski definition) is 3. The average Bonchev–Trinajstić information content (AvgIpc) is 2.92. The van der Waals surface area contributed by atoms with Crippen molar-refractivity contribution in [3.05, 3.63) is 29.8 Å². The van der Waals surface area contributed by atoms with E-state index >= 15 is 0 Å². The van der Waals surface area contributed by atoms with Crippen LogP contribution >= 0.6 is 11.8 Å². The van der Waals surface area contributed by atoms with Crippen LogP contribution in [0.25, 0.3) is 0 Å². The maximum atomic E-state index is 11.9. The van der Waals surface area contributed by atoms with Gasteiger partial charge in [-0.05, 0) is 37.1 Å². The van der Waals surface area contributed by atoms with Crippen molar-refractivity contribution in [2.75, 3.05) is 19.5 Å². The van der Waals surface area contributed by atoms with Gasteiger partial charge in [0.25, 0.3) is 0 Å². The van der Waals surface area contributed by atoms with E-state index in [1.165, 1.54) is 30.6 Å². The number of ketones is 1. The largest absolute Gasteiger partial charge is 0.373 e. The van der Waals surface area contributed by atoms with E-state index in [9.17, 15) is 4.79 Å². The number of Topliss-reactive ketones (excluding diaryl/α,β-unsaturated/α-hetero) is 1. The van der Waals surface area contributed by atoms with Crippen molar-refractivity contribution in [2.24, 2.45) is 5.92 Å². The minimum atomic E-state index is 0.0839. The zero-order chi connectivity index (χ0) is 12.8. The Balaban J connectivity index is 1.76. The van der Waals surface area contributed by atoms with Crippen molar-refractivity contribution in [2.45, 2.75) is 30.6 Å². The van der Waals surface area contributed by atoms with Crippen LogP contribution in [0.2, 0.25) is 0 Å². The second-order valence-corrected chi connectivity index (χ2v) is 5.70. The molecule has 0 spiro atoms. The summed E-state index contributed by atoms with van der Waals surface area (Å²) in [6.45, 7) is 0.962. The van der Waals surface area contributed by atoms with E-state index in [0.717, 1.165) is 12.2 Å².